The van der Waals surface area contributed by atoms with Crippen LogP contribution in [0.2, 0.25) is 0 Å². The molecule has 144 valence electrons. The topological polar surface area (TPSA) is 122 Å². The molecular weight excluding hydrogens is 373 g/mol. The number of rotatable bonds is 5. The zero-order valence-electron chi connectivity index (χ0n) is 14.4. The van der Waals surface area contributed by atoms with Crippen LogP contribution in [0.25, 0.3) is 11.1 Å². The van der Waals surface area contributed by atoms with E-state index in [9.17, 15) is 17.6 Å². The van der Waals surface area contributed by atoms with Crippen molar-refractivity contribution in [1.82, 2.24) is 10.6 Å². The van der Waals surface area contributed by atoms with Crippen LogP contribution in [0.5, 0.6) is 0 Å². The van der Waals surface area contributed by atoms with E-state index < -0.39 is 15.8 Å². The van der Waals surface area contributed by atoms with Crippen molar-refractivity contribution in [3.05, 3.63) is 53.8 Å². The number of halogens is 1. The van der Waals surface area contributed by atoms with Crippen molar-refractivity contribution >= 4 is 15.9 Å². The first-order valence-electron chi connectivity index (χ1n) is 8.36. The van der Waals surface area contributed by atoms with Crippen molar-refractivity contribution in [2.45, 2.75) is 23.4 Å². The van der Waals surface area contributed by atoms with Gasteiger partial charge in [0.05, 0.1) is 11.5 Å². The average molecular weight is 393 g/mol. The molecule has 0 radical (unpaired) electrons. The number of carbonyl (C=O) groups is 1. The molecule has 9 heteroatoms. The maximum absolute atomic E-state index is 14.4. The second-order valence-corrected chi connectivity index (χ2v) is 8.02. The van der Waals surface area contributed by atoms with Gasteiger partial charge in [-0.05, 0) is 36.2 Å². The first-order chi connectivity index (χ1) is 12.8. The highest BCUT2D eigenvalue weighted by Crippen LogP contribution is 2.25. The van der Waals surface area contributed by atoms with Crippen molar-refractivity contribution in [2.75, 3.05) is 13.2 Å². The molecule has 3 rings (SSSR count). The molecule has 0 aromatic heterocycles. The molecule has 2 aromatic rings. The SMILES string of the molecule is NS(=O)(=O)c1ccc(-c2cccc(C(=O)N[C@H]3CN[C@H](CO)C3)c2)c(F)c1. The minimum Gasteiger partial charge on any atom is -0.395 e. The van der Waals surface area contributed by atoms with E-state index in [-0.39, 0.29) is 35.1 Å². The van der Waals surface area contributed by atoms with Crippen molar-refractivity contribution < 1.29 is 22.7 Å². The van der Waals surface area contributed by atoms with Crippen LogP contribution in [0.3, 0.4) is 0 Å². The number of nitrogens with two attached hydrogens (primary N) is 1. The Labute approximate surface area is 156 Å². The number of carbonyl (C=O) groups excluding carboxylic acids is 1. The van der Waals surface area contributed by atoms with E-state index in [1.54, 1.807) is 18.2 Å². The Morgan fingerprint density at radius 1 is 1.30 bits per heavy atom. The van der Waals surface area contributed by atoms with E-state index in [4.69, 9.17) is 10.2 Å². The fraction of sp³-hybridized carbons (Fsp3) is 0.278. The Bertz CT molecular complexity index is 965. The molecule has 2 atom stereocenters. The van der Waals surface area contributed by atoms with Crippen LogP contribution in [0, 0.1) is 5.82 Å². The number of aliphatic hydroxyl groups excluding tert-OH is 1. The van der Waals surface area contributed by atoms with E-state index in [1.165, 1.54) is 18.2 Å². The maximum atomic E-state index is 14.4. The maximum Gasteiger partial charge on any atom is 0.251 e. The molecule has 0 bridgehead atoms. The van der Waals surface area contributed by atoms with Gasteiger partial charge in [-0.3, -0.25) is 4.79 Å². The predicted molar refractivity (Wildman–Crippen MR) is 98.0 cm³/mol. The van der Waals surface area contributed by atoms with Crippen LogP contribution >= 0.6 is 0 Å². The van der Waals surface area contributed by atoms with Crippen LogP contribution in [-0.4, -0.2) is 44.7 Å². The second kappa shape index (κ2) is 7.73. The summed E-state index contributed by atoms with van der Waals surface area (Å²) in [4.78, 5) is 12.1. The minimum absolute atomic E-state index is 0.00957. The van der Waals surface area contributed by atoms with Gasteiger partial charge in [0, 0.05) is 29.8 Å². The summed E-state index contributed by atoms with van der Waals surface area (Å²) in [6, 6.07) is 9.68. The molecule has 1 saturated heterocycles. The van der Waals surface area contributed by atoms with Gasteiger partial charge in [0.2, 0.25) is 10.0 Å². The lowest BCUT2D eigenvalue weighted by Gasteiger charge is -2.13. The van der Waals surface area contributed by atoms with E-state index in [2.05, 4.69) is 10.6 Å². The molecule has 1 aliphatic rings. The van der Waals surface area contributed by atoms with Crippen LogP contribution in [0.1, 0.15) is 16.8 Å². The average Bonchev–Trinajstić information content (AvgIpc) is 3.08. The minimum atomic E-state index is -3.99. The van der Waals surface area contributed by atoms with Gasteiger partial charge in [-0.2, -0.15) is 0 Å². The van der Waals surface area contributed by atoms with Gasteiger partial charge >= 0.3 is 0 Å². The molecule has 1 fully saturated rings. The second-order valence-electron chi connectivity index (χ2n) is 6.46. The summed E-state index contributed by atoms with van der Waals surface area (Å²) in [5.74, 6) is -1.05. The van der Waals surface area contributed by atoms with Gasteiger partial charge in [0.1, 0.15) is 5.82 Å². The molecule has 0 unspecified atom stereocenters. The van der Waals surface area contributed by atoms with Crippen LogP contribution in [0.15, 0.2) is 47.4 Å². The summed E-state index contributed by atoms with van der Waals surface area (Å²) in [5, 5.41) is 20.1. The standard InChI is InChI=1S/C18H20FN3O4S/c19-17-8-15(27(20,25)26)4-5-16(17)11-2-1-3-12(6-11)18(24)22-13-7-14(10-23)21-9-13/h1-6,8,13-14,21,23H,7,9-10H2,(H,22,24)(H2,20,25,26)/t13-,14+/m1/s1. The van der Waals surface area contributed by atoms with Gasteiger partial charge in [-0.1, -0.05) is 18.2 Å². The number of hydrogen-bond acceptors (Lipinski definition) is 5. The first-order valence-corrected chi connectivity index (χ1v) is 9.90. The molecule has 0 aliphatic carbocycles. The molecule has 7 nitrogen and oxygen atoms in total. The number of primary sulfonamides is 1. The molecular formula is C18H20FN3O4S. The normalized spacial score (nSPS) is 19.8. The summed E-state index contributed by atoms with van der Waals surface area (Å²) in [5.41, 5.74) is 0.966. The van der Waals surface area contributed by atoms with Crippen LogP contribution in [0.4, 0.5) is 4.39 Å². The smallest absolute Gasteiger partial charge is 0.251 e. The Balaban J connectivity index is 1.80. The van der Waals surface area contributed by atoms with Gasteiger partial charge in [0.25, 0.3) is 5.91 Å². The number of benzene rings is 2. The Hall–Kier alpha value is -2.33. The fourth-order valence-corrected chi connectivity index (χ4v) is 3.60. The third-order valence-corrected chi connectivity index (χ3v) is 5.39. The lowest BCUT2D eigenvalue weighted by Crippen LogP contribution is -2.36. The van der Waals surface area contributed by atoms with Crippen LogP contribution < -0.4 is 15.8 Å². The highest BCUT2D eigenvalue weighted by Gasteiger charge is 2.25. The predicted octanol–water partition coefficient (Wildman–Crippen LogP) is 0.593. The summed E-state index contributed by atoms with van der Waals surface area (Å²) in [6.07, 6.45) is 0.631. The van der Waals surface area contributed by atoms with Crippen LogP contribution in [-0.2, 0) is 10.0 Å². The van der Waals surface area contributed by atoms with E-state index in [0.29, 0.717) is 24.1 Å². The molecule has 5 N–H and O–H groups in total. The van der Waals surface area contributed by atoms with Crippen molar-refractivity contribution in [3.8, 4) is 11.1 Å². The van der Waals surface area contributed by atoms with Crippen molar-refractivity contribution in [1.29, 1.82) is 0 Å². The quantitative estimate of drug-likeness (QED) is 0.592. The molecule has 2 aromatic carbocycles. The number of amides is 1. The third kappa shape index (κ3) is 4.51. The first kappa shape index (κ1) is 19.4. The Morgan fingerprint density at radius 2 is 2.07 bits per heavy atom. The molecule has 1 amide bonds. The Morgan fingerprint density at radius 3 is 2.70 bits per heavy atom. The summed E-state index contributed by atoms with van der Waals surface area (Å²) < 4.78 is 37.0. The number of nitrogens with one attached hydrogen (secondary N) is 2. The lowest BCUT2D eigenvalue weighted by molar-refractivity contribution is 0.0939. The van der Waals surface area contributed by atoms with Gasteiger partial charge < -0.3 is 15.7 Å². The largest absolute Gasteiger partial charge is 0.395 e. The molecule has 1 aliphatic heterocycles. The highest BCUT2D eigenvalue weighted by molar-refractivity contribution is 7.89. The molecule has 27 heavy (non-hydrogen) atoms. The zero-order chi connectivity index (χ0) is 19.6. The molecule has 0 spiro atoms. The zero-order valence-corrected chi connectivity index (χ0v) is 15.2. The van der Waals surface area contributed by atoms with Gasteiger partial charge in [-0.25, -0.2) is 17.9 Å². The number of aliphatic hydroxyl groups is 1. The number of hydrogen-bond donors (Lipinski definition) is 4. The summed E-state index contributed by atoms with van der Waals surface area (Å²) in [6.45, 7) is 0.579. The van der Waals surface area contributed by atoms with E-state index in [1.807, 2.05) is 0 Å². The Kier molecular flexibility index (Phi) is 5.56. The van der Waals surface area contributed by atoms with Crippen molar-refractivity contribution in [2.24, 2.45) is 5.14 Å². The van der Waals surface area contributed by atoms with E-state index >= 15 is 0 Å². The lowest BCUT2D eigenvalue weighted by atomic mass is 10.0. The molecule has 0 saturated carbocycles. The number of sulfonamides is 1. The summed E-state index contributed by atoms with van der Waals surface area (Å²) in [7, 11) is -3.99. The fourth-order valence-electron chi connectivity index (χ4n) is 3.07. The monoisotopic (exact) mass is 393 g/mol. The highest BCUT2D eigenvalue weighted by atomic mass is 32.2. The summed E-state index contributed by atoms with van der Waals surface area (Å²) >= 11 is 0. The van der Waals surface area contributed by atoms with E-state index in [0.717, 1.165) is 6.07 Å². The molecule has 1 heterocycles. The van der Waals surface area contributed by atoms with Crippen molar-refractivity contribution in [3.63, 3.8) is 0 Å². The van der Waals surface area contributed by atoms with Gasteiger partial charge in [-0.15, -0.1) is 0 Å². The van der Waals surface area contributed by atoms with Gasteiger partial charge in [0.15, 0.2) is 0 Å². The third-order valence-electron chi connectivity index (χ3n) is 4.48.